The van der Waals surface area contributed by atoms with Gasteiger partial charge in [0.05, 0.1) is 11.3 Å². The molecular formula is C19H20N4S. The van der Waals surface area contributed by atoms with E-state index in [2.05, 4.69) is 17.2 Å². The number of benzene rings is 2. The predicted octanol–water partition coefficient (Wildman–Crippen LogP) is 4.16. The van der Waals surface area contributed by atoms with Crippen LogP contribution in [0.25, 0.3) is 5.69 Å². The van der Waals surface area contributed by atoms with Gasteiger partial charge in [-0.2, -0.15) is 5.10 Å². The SMILES string of the molecule is Cc1[nH]n(-c2ccccc2)c(=S)c1/C(=N\N(C)C)c1ccccc1. The first-order valence-electron chi connectivity index (χ1n) is 7.76. The molecule has 3 aromatic rings. The topological polar surface area (TPSA) is 36.3 Å². The zero-order valence-corrected chi connectivity index (χ0v) is 14.8. The van der Waals surface area contributed by atoms with E-state index >= 15 is 0 Å². The van der Waals surface area contributed by atoms with E-state index in [1.54, 1.807) is 5.01 Å². The summed E-state index contributed by atoms with van der Waals surface area (Å²) >= 11 is 5.76. The Morgan fingerprint density at radius 2 is 1.58 bits per heavy atom. The lowest BCUT2D eigenvalue weighted by atomic mass is 10.0. The molecule has 3 rings (SSSR count). The number of aromatic amines is 1. The number of hydrogen-bond donors (Lipinski definition) is 1. The van der Waals surface area contributed by atoms with Crippen molar-refractivity contribution in [3.05, 3.63) is 82.1 Å². The first kappa shape index (κ1) is 16.2. The molecule has 24 heavy (non-hydrogen) atoms. The highest BCUT2D eigenvalue weighted by molar-refractivity contribution is 7.71. The molecule has 0 saturated carbocycles. The van der Waals surface area contributed by atoms with E-state index in [1.165, 1.54) is 0 Å². The minimum absolute atomic E-state index is 0.725. The Balaban J connectivity index is 2.20. The van der Waals surface area contributed by atoms with Gasteiger partial charge in [0.25, 0.3) is 0 Å². The number of aryl methyl sites for hydroxylation is 1. The quantitative estimate of drug-likeness (QED) is 0.441. The molecule has 1 aromatic heterocycles. The van der Waals surface area contributed by atoms with E-state index < -0.39 is 0 Å². The molecule has 1 heterocycles. The summed E-state index contributed by atoms with van der Waals surface area (Å²) in [6.45, 7) is 2.03. The van der Waals surface area contributed by atoms with Crippen molar-refractivity contribution in [1.82, 2.24) is 14.8 Å². The first-order valence-corrected chi connectivity index (χ1v) is 8.17. The van der Waals surface area contributed by atoms with Crippen LogP contribution in [0.4, 0.5) is 0 Å². The Morgan fingerprint density at radius 1 is 1.00 bits per heavy atom. The number of para-hydroxylation sites is 1. The normalized spacial score (nSPS) is 11.5. The van der Waals surface area contributed by atoms with E-state index in [0.29, 0.717) is 0 Å². The molecule has 0 spiro atoms. The van der Waals surface area contributed by atoms with Gasteiger partial charge in [-0.25, -0.2) is 4.68 Å². The lowest BCUT2D eigenvalue weighted by molar-refractivity contribution is 0.438. The monoisotopic (exact) mass is 336 g/mol. The number of nitrogens with one attached hydrogen (secondary N) is 1. The Hall–Kier alpha value is -2.66. The molecule has 0 saturated heterocycles. The average Bonchev–Trinajstić information content (AvgIpc) is 2.89. The molecule has 0 bridgehead atoms. The van der Waals surface area contributed by atoms with Gasteiger partial charge in [0.2, 0.25) is 0 Å². The van der Waals surface area contributed by atoms with Gasteiger partial charge in [0.15, 0.2) is 0 Å². The number of rotatable bonds is 4. The van der Waals surface area contributed by atoms with Crippen LogP contribution in [0.5, 0.6) is 0 Å². The van der Waals surface area contributed by atoms with Crippen LogP contribution in [0.3, 0.4) is 0 Å². The second-order valence-electron chi connectivity index (χ2n) is 5.75. The standard InChI is InChI=1S/C19H20N4S/c1-14-17(18(21-22(2)3)15-10-6-4-7-11-15)19(24)23(20-14)16-12-8-5-9-13-16/h4-13,20H,1-3H3/b21-18-. The number of aromatic nitrogens is 2. The van der Waals surface area contributed by atoms with Crippen LogP contribution in [0.15, 0.2) is 65.8 Å². The molecule has 0 radical (unpaired) electrons. The van der Waals surface area contributed by atoms with E-state index in [0.717, 1.165) is 32.9 Å². The van der Waals surface area contributed by atoms with Gasteiger partial charge >= 0.3 is 0 Å². The molecule has 122 valence electrons. The Bertz CT molecular complexity index is 906. The zero-order chi connectivity index (χ0) is 17.1. The molecule has 0 aliphatic heterocycles. The summed E-state index contributed by atoms with van der Waals surface area (Å²) in [7, 11) is 3.83. The minimum atomic E-state index is 0.725. The number of hydrogen-bond acceptors (Lipinski definition) is 3. The van der Waals surface area contributed by atoms with Crippen LogP contribution in [-0.4, -0.2) is 34.6 Å². The Morgan fingerprint density at radius 3 is 2.17 bits per heavy atom. The summed E-state index contributed by atoms with van der Waals surface area (Å²) in [4.78, 5) is 0. The highest BCUT2D eigenvalue weighted by Gasteiger charge is 2.17. The maximum Gasteiger partial charge on any atom is 0.137 e. The van der Waals surface area contributed by atoms with Crippen molar-refractivity contribution in [3.63, 3.8) is 0 Å². The van der Waals surface area contributed by atoms with E-state index in [1.807, 2.05) is 74.2 Å². The lowest BCUT2D eigenvalue weighted by Gasteiger charge is -2.11. The number of nitrogens with zero attached hydrogens (tertiary/aromatic N) is 3. The summed E-state index contributed by atoms with van der Waals surface area (Å²) in [6, 6.07) is 20.2. The Labute approximate surface area is 147 Å². The summed E-state index contributed by atoms with van der Waals surface area (Å²) in [5.74, 6) is 0. The third-order valence-corrected chi connectivity index (χ3v) is 4.06. The van der Waals surface area contributed by atoms with E-state index in [9.17, 15) is 0 Å². The van der Waals surface area contributed by atoms with Gasteiger partial charge in [0, 0.05) is 25.4 Å². The van der Waals surface area contributed by atoms with E-state index in [4.69, 9.17) is 17.3 Å². The average molecular weight is 336 g/mol. The third kappa shape index (κ3) is 3.16. The molecule has 0 aliphatic rings. The second-order valence-corrected chi connectivity index (χ2v) is 6.14. The molecule has 0 aliphatic carbocycles. The van der Waals surface area contributed by atoms with Crippen LogP contribution < -0.4 is 0 Å². The second kappa shape index (κ2) is 6.84. The van der Waals surface area contributed by atoms with Crippen LogP contribution in [0, 0.1) is 11.6 Å². The summed E-state index contributed by atoms with van der Waals surface area (Å²) < 4.78 is 2.65. The molecule has 5 heteroatoms. The molecule has 0 unspecified atom stereocenters. The highest BCUT2D eigenvalue weighted by atomic mass is 32.1. The zero-order valence-electron chi connectivity index (χ0n) is 14.0. The van der Waals surface area contributed by atoms with Gasteiger partial charge in [-0.3, -0.25) is 5.10 Å². The fraction of sp³-hybridized carbons (Fsp3) is 0.158. The lowest BCUT2D eigenvalue weighted by Crippen LogP contribution is -2.12. The van der Waals surface area contributed by atoms with Crippen molar-refractivity contribution in [2.45, 2.75) is 6.92 Å². The van der Waals surface area contributed by atoms with Gasteiger partial charge in [-0.1, -0.05) is 60.7 Å². The van der Waals surface area contributed by atoms with Crippen molar-refractivity contribution in [2.75, 3.05) is 14.1 Å². The van der Waals surface area contributed by atoms with Gasteiger partial charge < -0.3 is 5.01 Å². The van der Waals surface area contributed by atoms with Gasteiger partial charge in [-0.05, 0) is 19.1 Å². The van der Waals surface area contributed by atoms with Crippen LogP contribution in [0.2, 0.25) is 0 Å². The number of hydrazone groups is 1. The van der Waals surface area contributed by atoms with Crippen molar-refractivity contribution in [3.8, 4) is 5.69 Å². The third-order valence-electron chi connectivity index (χ3n) is 3.67. The molecular weight excluding hydrogens is 316 g/mol. The van der Waals surface area contributed by atoms with E-state index in [-0.39, 0.29) is 0 Å². The Kier molecular flexibility index (Phi) is 4.62. The van der Waals surface area contributed by atoms with Crippen molar-refractivity contribution in [2.24, 2.45) is 5.10 Å². The van der Waals surface area contributed by atoms with Crippen molar-refractivity contribution in [1.29, 1.82) is 0 Å². The van der Waals surface area contributed by atoms with Gasteiger partial charge in [0.1, 0.15) is 10.4 Å². The largest absolute Gasteiger partial charge is 0.303 e. The maximum absolute atomic E-state index is 5.76. The molecule has 2 aromatic carbocycles. The molecule has 4 nitrogen and oxygen atoms in total. The van der Waals surface area contributed by atoms with Gasteiger partial charge in [-0.15, -0.1) is 0 Å². The van der Waals surface area contributed by atoms with Crippen molar-refractivity contribution < 1.29 is 0 Å². The summed E-state index contributed by atoms with van der Waals surface area (Å²) in [6.07, 6.45) is 0. The molecule has 1 N–H and O–H groups in total. The van der Waals surface area contributed by atoms with Crippen LogP contribution >= 0.6 is 12.2 Å². The van der Waals surface area contributed by atoms with Crippen LogP contribution in [-0.2, 0) is 0 Å². The fourth-order valence-electron chi connectivity index (χ4n) is 2.63. The highest BCUT2D eigenvalue weighted by Crippen LogP contribution is 2.19. The fourth-order valence-corrected chi connectivity index (χ4v) is 3.03. The predicted molar refractivity (Wildman–Crippen MR) is 101 cm³/mol. The van der Waals surface area contributed by atoms with Crippen LogP contribution in [0.1, 0.15) is 16.8 Å². The summed E-state index contributed by atoms with van der Waals surface area (Å²) in [5.41, 5.74) is 4.87. The minimum Gasteiger partial charge on any atom is -0.303 e. The summed E-state index contributed by atoms with van der Waals surface area (Å²) in [5, 5.41) is 9.86. The molecule has 0 fully saturated rings. The smallest absolute Gasteiger partial charge is 0.137 e. The first-order chi connectivity index (χ1) is 11.6. The number of H-pyrrole nitrogens is 1. The molecule has 0 atom stereocenters. The van der Waals surface area contributed by atoms with Crippen molar-refractivity contribution >= 4 is 17.9 Å². The molecule has 0 amide bonds. The maximum atomic E-state index is 5.76.